The van der Waals surface area contributed by atoms with Gasteiger partial charge in [-0.25, -0.2) is 59.9 Å². The minimum absolute atomic E-state index is 0.500. The molecule has 0 N–H and O–H groups in total. The Morgan fingerprint density at radius 2 is 0.398 bits per heavy atom. The molecule has 0 fully saturated rings. The molecule has 12 heterocycles. The second-order valence-electron chi connectivity index (χ2n) is 24.5. The maximum Gasteiger partial charge on any atom is 0.799 e. The van der Waals surface area contributed by atoms with E-state index < -0.39 is 46.5 Å². The zero-order chi connectivity index (χ0) is 76.9. The number of hydrogen-bond donors (Lipinski definition) is 0. The van der Waals surface area contributed by atoms with Gasteiger partial charge in [-0.05, 0) is 26.2 Å². The molecular formula is C78H68Al2F8N16O2Si2. The summed E-state index contributed by atoms with van der Waals surface area (Å²) in [6.07, 6.45) is 0. The molecule has 8 aromatic carbocycles. The third-order valence-corrected chi connectivity index (χ3v) is 29.8. The Bertz CT molecular complexity index is 5490. The Hall–Kier alpha value is -11.1. The molecule has 8 aliphatic heterocycles. The maximum absolute atomic E-state index is 9.50. The molecular weight excluding hydrogens is 1460 g/mol. The zero-order valence-corrected chi connectivity index (χ0v) is 64.9. The molecule has 542 valence electrons. The van der Waals surface area contributed by atoms with Crippen molar-refractivity contribution in [2.75, 3.05) is 57.4 Å². The highest BCUT2D eigenvalue weighted by Gasteiger charge is 2.48. The van der Waals surface area contributed by atoms with Crippen molar-refractivity contribution < 1.29 is 42.1 Å². The summed E-state index contributed by atoms with van der Waals surface area (Å²) < 4.78 is 101. The number of benzene rings is 8. The van der Waals surface area contributed by atoms with Gasteiger partial charge < -0.3 is 21.2 Å². The van der Waals surface area contributed by atoms with E-state index in [2.05, 4.69) is 149 Å². The summed E-state index contributed by atoms with van der Waals surface area (Å²) in [5, 5.41) is 7.13. The fraction of sp³-hybridized carbons (Fsp3) is 0.154. The molecule has 108 heavy (non-hydrogen) atoms. The predicted molar refractivity (Wildman–Crippen MR) is 423 cm³/mol. The third-order valence-electron chi connectivity index (χ3n) is 18.0. The van der Waals surface area contributed by atoms with Crippen LogP contribution in [0.4, 0.5) is 58.4 Å². The van der Waals surface area contributed by atoms with Crippen molar-refractivity contribution in [1.82, 2.24) is 14.2 Å². The summed E-state index contributed by atoms with van der Waals surface area (Å²) >= 11 is -6.66. The van der Waals surface area contributed by atoms with Gasteiger partial charge in [-0.3, -0.25) is 35.1 Å². The minimum atomic E-state index is -3.33. The molecule has 0 saturated carbocycles. The number of amidine groups is 8. The lowest BCUT2D eigenvalue weighted by Crippen LogP contribution is -2.54. The monoisotopic (exact) mass is 1520 g/mol. The van der Waals surface area contributed by atoms with Crippen LogP contribution in [-0.2, 0) is 6.96 Å². The van der Waals surface area contributed by atoms with Gasteiger partial charge in [-0.2, -0.15) is 0 Å². The van der Waals surface area contributed by atoms with Crippen molar-refractivity contribution in [3.63, 3.8) is 0 Å². The molecule has 12 aromatic rings. The number of hydrogen-bond acceptors (Lipinski definition) is 14. The summed E-state index contributed by atoms with van der Waals surface area (Å²) in [6.45, 7) is 8.70. The van der Waals surface area contributed by atoms with Gasteiger partial charge in [-0.1, -0.05) is 194 Å². The molecule has 0 unspecified atom stereocenters. The lowest BCUT2D eigenvalue weighted by Gasteiger charge is -2.28. The van der Waals surface area contributed by atoms with Crippen LogP contribution in [0.3, 0.4) is 0 Å². The van der Waals surface area contributed by atoms with Gasteiger partial charge in [0.2, 0.25) is 16.6 Å². The summed E-state index contributed by atoms with van der Waals surface area (Å²) in [6, 6.07) is 65.9. The van der Waals surface area contributed by atoms with E-state index in [-0.39, 0.29) is 0 Å². The van der Waals surface area contributed by atoms with Gasteiger partial charge in [0.1, 0.15) is 45.2 Å². The highest BCUT2D eigenvalue weighted by molar-refractivity contribution is 6.89. The summed E-state index contributed by atoms with van der Waals surface area (Å²) in [5.74, 6) is 7.08. The highest BCUT2D eigenvalue weighted by atomic mass is 28.4. The Labute approximate surface area is 627 Å². The molecule has 12 bridgehead atoms. The van der Waals surface area contributed by atoms with Crippen LogP contribution in [0.2, 0.25) is 26.2 Å². The van der Waals surface area contributed by atoms with Crippen molar-refractivity contribution in [3.05, 3.63) is 261 Å². The van der Waals surface area contributed by atoms with Crippen LogP contribution in [0.25, 0.3) is 43.1 Å². The number of halogens is 8. The van der Waals surface area contributed by atoms with Crippen LogP contribution in [0.1, 0.15) is 44.5 Å². The van der Waals surface area contributed by atoms with Crippen LogP contribution in [0, 0.1) is 11.1 Å². The normalized spacial score (nSPS) is 13.9. The molecule has 4 aromatic heterocycles. The van der Waals surface area contributed by atoms with Crippen LogP contribution in [0.5, 0.6) is 0 Å². The first kappa shape index (κ1) is 76.5. The summed E-state index contributed by atoms with van der Waals surface area (Å²) in [5.41, 5.74) is 17.6. The Balaban J connectivity index is 0.000000642. The minimum Gasteiger partial charge on any atom is -0.500 e. The average molecular weight is 1520 g/mol. The van der Waals surface area contributed by atoms with Crippen molar-refractivity contribution >= 4 is 160 Å². The van der Waals surface area contributed by atoms with Crippen LogP contribution in [-0.4, -0.2) is 165 Å². The highest BCUT2D eigenvalue weighted by Crippen LogP contribution is 2.44. The smallest absolute Gasteiger partial charge is 0.500 e. The first-order chi connectivity index (χ1) is 53.1. The van der Waals surface area contributed by atoms with Gasteiger partial charge in [0.15, 0.2) is 46.7 Å². The van der Waals surface area contributed by atoms with Gasteiger partial charge in [-0.15, -0.1) is 11.1 Å². The molecule has 0 amide bonds. The van der Waals surface area contributed by atoms with Crippen LogP contribution < -0.4 is 22.0 Å². The quantitative estimate of drug-likeness (QED) is 0.0965. The average Bonchev–Trinajstić information content (AvgIpc) is 1.56. The first-order valence-corrected chi connectivity index (χ1v) is 42.3. The second-order valence-corrected chi connectivity index (χ2v) is 36.3. The third kappa shape index (κ3) is 13.0. The SMILES string of the molecule is CF.CF.CF.CF.CF.CF.CF.CF.C[Si](C)(C#C[Si](C)(C)[O][Al]1[n]2c3c4ccccc4c2N=C2N=C(N=c4c5ccccc5c([n]41)=NC1=NC(=N3)c3ccccc31)c1ccccc12)[O][Al]1[n]2c3c4ccccc4c2N=C2N=C(N=c4c5ccccc5c([n]41)=NC1=NC(=N3)c3ccccc31)c1ccccc12. The van der Waals surface area contributed by atoms with Gasteiger partial charge in [0.25, 0.3) is 0 Å². The maximum atomic E-state index is 9.50. The first-order valence-electron chi connectivity index (χ1n) is 33.5. The van der Waals surface area contributed by atoms with Crippen molar-refractivity contribution in [2.24, 2.45) is 59.9 Å². The number of fused-ring (bicyclic) bond motifs is 28. The molecule has 0 atom stereocenters. The topological polar surface area (TPSA) is 187 Å². The molecule has 0 radical (unpaired) electrons. The van der Waals surface area contributed by atoms with E-state index in [1.54, 1.807) is 0 Å². The lowest BCUT2D eigenvalue weighted by molar-refractivity contribution is 0.538. The Kier molecular flexibility index (Phi) is 23.1. The van der Waals surface area contributed by atoms with E-state index in [1.807, 2.05) is 97.1 Å². The zero-order valence-electron chi connectivity index (χ0n) is 60.6. The number of aromatic nitrogens is 4. The van der Waals surface area contributed by atoms with E-state index in [0.29, 0.717) is 149 Å². The molecule has 20 rings (SSSR count). The van der Waals surface area contributed by atoms with E-state index >= 15 is 0 Å². The largest absolute Gasteiger partial charge is 0.799 e. The standard InChI is InChI=1S/2C32H16N8.C6H12O2Si2.8CH3F.2Al/c2*1-2-10-18-17(9-1)25-33-26(18)38-28-21-13-5-6-14-22(21)30(35-28)40-32-24-16-8-7-15-23(24)31(36-32)39-29-20-12-4-3-11-19(20)27(34-29)37-25;1-9(2,7)5-6-10(3,4)8;8*1-2;;/h2*1-16H;1-4H3;8*1H3;;/q3*-2;;;;;;;;;2*+3. The fourth-order valence-corrected chi connectivity index (χ4v) is 26.4. The summed E-state index contributed by atoms with van der Waals surface area (Å²) in [4.78, 5) is 65.9. The molecule has 0 saturated heterocycles. The van der Waals surface area contributed by atoms with Crippen molar-refractivity contribution in [3.8, 4) is 11.1 Å². The van der Waals surface area contributed by atoms with Crippen LogP contribution >= 0.6 is 0 Å². The van der Waals surface area contributed by atoms with E-state index in [1.165, 1.54) is 0 Å². The van der Waals surface area contributed by atoms with Crippen molar-refractivity contribution in [1.29, 1.82) is 0 Å². The van der Waals surface area contributed by atoms with Gasteiger partial charge in [0.05, 0.1) is 57.4 Å². The van der Waals surface area contributed by atoms with Gasteiger partial charge >= 0.3 is 29.8 Å². The van der Waals surface area contributed by atoms with E-state index in [4.69, 9.17) is 66.9 Å². The number of aliphatic imine (C=N–C) groups is 8. The molecule has 18 nitrogen and oxygen atoms in total. The van der Waals surface area contributed by atoms with E-state index in [0.717, 1.165) is 87.6 Å². The Morgan fingerprint density at radius 1 is 0.231 bits per heavy atom. The fourth-order valence-electron chi connectivity index (χ4n) is 13.9. The Morgan fingerprint density at radius 3 is 0.593 bits per heavy atom. The van der Waals surface area contributed by atoms with Crippen LogP contribution in [0.15, 0.2) is 254 Å². The molecule has 8 aliphatic rings. The number of rotatable bonds is 4. The second kappa shape index (κ2) is 32.5. The van der Waals surface area contributed by atoms with E-state index in [9.17, 15) is 35.1 Å². The van der Waals surface area contributed by atoms with Gasteiger partial charge in [0, 0.05) is 87.6 Å². The predicted octanol–water partition coefficient (Wildman–Crippen LogP) is 15.1. The molecule has 0 spiro atoms. The number of nitrogens with zero attached hydrogens (tertiary/aromatic N) is 16. The number of alkyl halides is 8. The van der Waals surface area contributed by atoms with Crippen molar-refractivity contribution in [2.45, 2.75) is 26.2 Å². The summed E-state index contributed by atoms with van der Waals surface area (Å²) in [7, 11) is -2.58. The lowest BCUT2D eigenvalue weighted by atomic mass is 10.1. The molecule has 30 heteroatoms. The molecule has 0 aliphatic carbocycles.